The number of aryl methyl sites for hydroxylation is 1. The average molecular weight is 351 g/mol. The van der Waals surface area contributed by atoms with Crippen LogP contribution in [0.1, 0.15) is 38.2 Å². The van der Waals surface area contributed by atoms with E-state index in [-0.39, 0.29) is 0 Å². The van der Waals surface area contributed by atoms with Crippen LogP contribution < -0.4 is 4.74 Å². The van der Waals surface area contributed by atoms with Gasteiger partial charge in [0.15, 0.2) is 0 Å². The lowest BCUT2D eigenvalue weighted by molar-refractivity contribution is 0.415. The molecule has 0 amide bonds. The van der Waals surface area contributed by atoms with E-state index in [1.54, 1.807) is 7.11 Å². The van der Waals surface area contributed by atoms with E-state index >= 15 is 0 Å². The molecule has 1 nitrogen and oxygen atoms in total. The summed E-state index contributed by atoms with van der Waals surface area (Å²) >= 11 is 1.84. The van der Waals surface area contributed by atoms with Gasteiger partial charge < -0.3 is 4.74 Å². The minimum absolute atomic E-state index is 0.898. The van der Waals surface area contributed by atoms with Gasteiger partial charge in [-0.05, 0) is 65.9 Å². The van der Waals surface area contributed by atoms with Gasteiger partial charge in [0, 0.05) is 9.75 Å². The SMILES string of the molecule is CCCCCCc1ccc(-c2ccc(-c3ccc(OC)cc3)s2)cc1. The van der Waals surface area contributed by atoms with Crippen molar-refractivity contribution in [1.29, 1.82) is 0 Å². The maximum atomic E-state index is 5.24. The Kier molecular flexibility index (Phi) is 6.30. The van der Waals surface area contributed by atoms with Crippen LogP contribution in [0.2, 0.25) is 0 Å². The summed E-state index contributed by atoms with van der Waals surface area (Å²) in [5.41, 5.74) is 4.00. The Morgan fingerprint density at radius 1 is 0.720 bits per heavy atom. The van der Waals surface area contributed by atoms with E-state index in [0.717, 1.165) is 5.75 Å². The van der Waals surface area contributed by atoms with Crippen LogP contribution in [0.25, 0.3) is 20.9 Å². The van der Waals surface area contributed by atoms with Crippen molar-refractivity contribution in [2.75, 3.05) is 7.11 Å². The van der Waals surface area contributed by atoms with Crippen LogP contribution in [0.4, 0.5) is 0 Å². The Morgan fingerprint density at radius 2 is 1.32 bits per heavy atom. The fourth-order valence-corrected chi connectivity index (χ4v) is 4.01. The first-order valence-corrected chi connectivity index (χ1v) is 9.95. The molecule has 1 aromatic heterocycles. The predicted molar refractivity (Wildman–Crippen MR) is 110 cm³/mol. The van der Waals surface area contributed by atoms with Gasteiger partial charge in [-0.2, -0.15) is 0 Å². The normalized spacial score (nSPS) is 10.8. The highest BCUT2D eigenvalue weighted by Gasteiger charge is 2.05. The number of hydrogen-bond acceptors (Lipinski definition) is 2. The van der Waals surface area contributed by atoms with E-state index in [2.05, 4.69) is 55.5 Å². The lowest BCUT2D eigenvalue weighted by Gasteiger charge is -2.03. The lowest BCUT2D eigenvalue weighted by atomic mass is 10.0. The maximum Gasteiger partial charge on any atom is 0.118 e. The molecule has 25 heavy (non-hydrogen) atoms. The molecule has 0 bridgehead atoms. The van der Waals surface area contributed by atoms with Gasteiger partial charge in [-0.15, -0.1) is 11.3 Å². The molecule has 0 saturated carbocycles. The second-order valence-electron chi connectivity index (χ2n) is 6.40. The molecule has 0 fully saturated rings. The second-order valence-corrected chi connectivity index (χ2v) is 7.48. The lowest BCUT2D eigenvalue weighted by Crippen LogP contribution is -1.85. The number of methoxy groups -OCH3 is 1. The molecular weight excluding hydrogens is 324 g/mol. The first-order valence-electron chi connectivity index (χ1n) is 9.13. The van der Waals surface area contributed by atoms with E-state index in [1.165, 1.54) is 58.5 Å². The van der Waals surface area contributed by atoms with E-state index in [1.807, 2.05) is 23.5 Å². The molecule has 2 heteroatoms. The molecule has 0 unspecified atom stereocenters. The quantitative estimate of drug-likeness (QED) is 0.390. The Balaban J connectivity index is 1.67. The number of rotatable bonds is 8. The van der Waals surface area contributed by atoms with Crippen LogP contribution in [-0.2, 0) is 6.42 Å². The first kappa shape index (κ1) is 17.8. The van der Waals surface area contributed by atoms with Crippen LogP contribution in [0.5, 0.6) is 5.75 Å². The van der Waals surface area contributed by atoms with Crippen molar-refractivity contribution in [2.24, 2.45) is 0 Å². The van der Waals surface area contributed by atoms with Gasteiger partial charge in [0.1, 0.15) is 5.75 Å². The molecule has 0 aliphatic carbocycles. The Bertz CT molecular complexity index is 769. The van der Waals surface area contributed by atoms with Gasteiger partial charge >= 0.3 is 0 Å². The number of ether oxygens (including phenoxy) is 1. The fourth-order valence-electron chi connectivity index (χ4n) is 3.00. The average Bonchev–Trinajstić information content (AvgIpc) is 3.16. The molecule has 0 aliphatic heterocycles. The summed E-state index contributed by atoms with van der Waals surface area (Å²) in [6.07, 6.45) is 6.49. The molecule has 130 valence electrons. The Morgan fingerprint density at radius 3 is 1.88 bits per heavy atom. The molecule has 2 aromatic carbocycles. The molecule has 0 spiro atoms. The summed E-state index contributed by atoms with van der Waals surface area (Å²) in [5, 5.41) is 0. The van der Waals surface area contributed by atoms with Gasteiger partial charge in [0.05, 0.1) is 7.11 Å². The van der Waals surface area contributed by atoms with Crippen LogP contribution in [0, 0.1) is 0 Å². The second kappa shape index (κ2) is 8.87. The Hall–Kier alpha value is -2.06. The molecule has 0 saturated heterocycles. The minimum atomic E-state index is 0.898. The number of hydrogen-bond donors (Lipinski definition) is 0. The number of thiophene rings is 1. The summed E-state index contributed by atoms with van der Waals surface area (Å²) in [5.74, 6) is 0.898. The van der Waals surface area contributed by atoms with Crippen molar-refractivity contribution in [3.8, 4) is 26.6 Å². The summed E-state index contributed by atoms with van der Waals surface area (Å²) in [6.45, 7) is 2.26. The first-order chi connectivity index (χ1) is 12.3. The standard InChI is InChI=1S/C23H26OS/c1-3-4-5-6-7-18-8-10-19(11-9-18)22-16-17-23(25-22)20-12-14-21(24-2)15-13-20/h8-17H,3-7H2,1-2H3. The summed E-state index contributed by atoms with van der Waals surface area (Å²) < 4.78 is 5.24. The molecule has 0 aliphatic rings. The minimum Gasteiger partial charge on any atom is -0.497 e. The summed E-state index contributed by atoms with van der Waals surface area (Å²) in [4.78, 5) is 2.62. The van der Waals surface area contributed by atoms with Gasteiger partial charge in [-0.1, -0.05) is 50.5 Å². The van der Waals surface area contributed by atoms with Crippen LogP contribution >= 0.6 is 11.3 Å². The topological polar surface area (TPSA) is 9.23 Å². The molecule has 3 aromatic rings. The third-order valence-corrected chi connectivity index (χ3v) is 5.72. The van der Waals surface area contributed by atoms with Crippen molar-refractivity contribution in [3.05, 3.63) is 66.2 Å². The molecule has 3 rings (SSSR count). The van der Waals surface area contributed by atoms with Crippen molar-refractivity contribution >= 4 is 11.3 Å². The number of unbranched alkanes of at least 4 members (excludes halogenated alkanes) is 3. The highest BCUT2D eigenvalue weighted by molar-refractivity contribution is 7.18. The van der Waals surface area contributed by atoms with E-state index in [0.29, 0.717) is 0 Å². The van der Waals surface area contributed by atoms with Crippen molar-refractivity contribution < 1.29 is 4.74 Å². The third-order valence-electron chi connectivity index (χ3n) is 4.54. The number of benzene rings is 2. The molecule has 0 N–H and O–H groups in total. The van der Waals surface area contributed by atoms with Crippen LogP contribution in [0.3, 0.4) is 0 Å². The van der Waals surface area contributed by atoms with Gasteiger partial charge in [-0.3, -0.25) is 0 Å². The smallest absolute Gasteiger partial charge is 0.118 e. The van der Waals surface area contributed by atoms with E-state index in [4.69, 9.17) is 4.74 Å². The van der Waals surface area contributed by atoms with Gasteiger partial charge in [-0.25, -0.2) is 0 Å². The fraction of sp³-hybridized carbons (Fsp3) is 0.304. The van der Waals surface area contributed by atoms with Crippen molar-refractivity contribution in [3.63, 3.8) is 0 Å². The largest absolute Gasteiger partial charge is 0.497 e. The monoisotopic (exact) mass is 350 g/mol. The Labute approximate surface area is 155 Å². The van der Waals surface area contributed by atoms with Gasteiger partial charge in [0.2, 0.25) is 0 Å². The van der Waals surface area contributed by atoms with E-state index in [9.17, 15) is 0 Å². The summed E-state index contributed by atoms with van der Waals surface area (Å²) in [7, 11) is 1.70. The van der Waals surface area contributed by atoms with Gasteiger partial charge in [0.25, 0.3) is 0 Å². The molecule has 1 heterocycles. The zero-order valence-corrected chi connectivity index (χ0v) is 15.9. The van der Waals surface area contributed by atoms with E-state index < -0.39 is 0 Å². The van der Waals surface area contributed by atoms with Crippen molar-refractivity contribution in [1.82, 2.24) is 0 Å². The third kappa shape index (κ3) is 4.73. The van der Waals surface area contributed by atoms with Crippen LogP contribution in [0.15, 0.2) is 60.7 Å². The molecule has 0 atom stereocenters. The van der Waals surface area contributed by atoms with Crippen LogP contribution in [-0.4, -0.2) is 7.11 Å². The molecular formula is C23H26OS. The highest BCUT2D eigenvalue weighted by atomic mass is 32.1. The summed E-state index contributed by atoms with van der Waals surface area (Å²) in [6, 6.07) is 21.8. The predicted octanol–water partition coefficient (Wildman–Crippen LogP) is 7.21. The highest BCUT2D eigenvalue weighted by Crippen LogP contribution is 2.35. The molecule has 0 radical (unpaired) electrons. The van der Waals surface area contributed by atoms with Crippen molar-refractivity contribution in [2.45, 2.75) is 39.0 Å². The maximum absolute atomic E-state index is 5.24. The zero-order valence-electron chi connectivity index (χ0n) is 15.1. The zero-order chi connectivity index (χ0) is 17.5.